The van der Waals surface area contributed by atoms with E-state index in [4.69, 9.17) is 4.98 Å². The normalized spacial score (nSPS) is 25.8. The Morgan fingerprint density at radius 1 is 1.35 bits per heavy atom. The fourth-order valence-electron chi connectivity index (χ4n) is 3.97. The van der Waals surface area contributed by atoms with Gasteiger partial charge in [-0.2, -0.15) is 5.10 Å². The summed E-state index contributed by atoms with van der Waals surface area (Å²) in [5.41, 5.74) is 4.21. The summed E-state index contributed by atoms with van der Waals surface area (Å²) in [4.78, 5) is 4.90. The summed E-state index contributed by atoms with van der Waals surface area (Å²) < 4.78 is 1.92. The number of fused-ring (bicyclic) bond motifs is 3. The molecule has 88 valence electrons. The smallest absolute Gasteiger partial charge is 0.155 e. The maximum Gasteiger partial charge on any atom is 0.155 e. The van der Waals surface area contributed by atoms with Crippen LogP contribution in [0.1, 0.15) is 43.9 Å². The van der Waals surface area contributed by atoms with E-state index >= 15 is 0 Å². The van der Waals surface area contributed by atoms with E-state index in [2.05, 4.69) is 18.2 Å². The first-order valence-electron chi connectivity index (χ1n) is 6.63. The van der Waals surface area contributed by atoms with Crippen molar-refractivity contribution < 1.29 is 0 Å². The van der Waals surface area contributed by atoms with Crippen molar-refractivity contribution in [1.82, 2.24) is 14.6 Å². The summed E-state index contributed by atoms with van der Waals surface area (Å²) in [6.07, 6.45) is 10.6. The molecule has 0 N–H and O–H groups in total. The van der Waals surface area contributed by atoms with Gasteiger partial charge >= 0.3 is 0 Å². The molecule has 0 bridgehead atoms. The van der Waals surface area contributed by atoms with Crippen molar-refractivity contribution in [3.05, 3.63) is 29.7 Å². The molecule has 2 aliphatic carbocycles. The van der Waals surface area contributed by atoms with Crippen LogP contribution in [0.5, 0.6) is 0 Å². The molecule has 0 amide bonds. The Kier molecular flexibility index (Phi) is 1.75. The third kappa shape index (κ3) is 1.12. The Labute approximate surface area is 101 Å². The van der Waals surface area contributed by atoms with E-state index in [0.29, 0.717) is 5.41 Å². The van der Waals surface area contributed by atoms with Crippen LogP contribution in [0.25, 0.3) is 5.65 Å². The largest absolute Gasteiger partial charge is 0.233 e. The van der Waals surface area contributed by atoms with E-state index in [-0.39, 0.29) is 0 Å². The van der Waals surface area contributed by atoms with Crippen LogP contribution in [0.2, 0.25) is 0 Å². The van der Waals surface area contributed by atoms with Crippen LogP contribution in [0.4, 0.5) is 0 Å². The van der Waals surface area contributed by atoms with Gasteiger partial charge in [0.25, 0.3) is 0 Å². The molecule has 0 radical (unpaired) electrons. The molecule has 1 fully saturated rings. The van der Waals surface area contributed by atoms with Gasteiger partial charge in [-0.3, -0.25) is 0 Å². The Hall–Kier alpha value is -1.38. The van der Waals surface area contributed by atoms with Gasteiger partial charge in [0.15, 0.2) is 5.65 Å². The highest BCUT2D eigenvalue weighted by atomic mass is 15.2. The second-order valence-corrected chi connectivity index (χ2v) is 5.72. The quantitative estimate of drug-likeness (QED) is 0.692. The summed E-state index contributed by atoms with van der Waals surface area (Å²) in [6, 6.07) is 2.01. The molecule has 4 rings (SSSR count). The van der Waals surface area contributed by atoms with Crippen molar-refractivity contribution in [3.8, 4) is 0 Å². The maximum absolute atomic E-state index is 4.90. The average Bonchev–Trinajstić information content (AvgIpc) is 3.00. The Balaban J connectivity index is 1.98. The number of hydrogen-bond donors (Lipinski definition) is 0. The number of hydrogen-bond acceptors (Lipinski definition) is 2. The minimum atomic E-state index is 0.390. The lowest BCUT2D eigenvalue weighted by Gasteiger charge is -2.28. The van der Waals surface area contributed by atoms with Crippen molar-refractivity contribution in [2.75, 3.05) is 0 Å². The molecule has 1 spiro atoms. The van der Waals surface area contributed by atoms with Crippen LogP contribution in [0.15, 0.2) is 18.5 Å². The number of nitrogens with zero attached hydrogens (tertiary/aromatic N) is 3. The first-order valence-corrected chi connectivity index (χ1v) is 6.63. The van der Waals surface area contributed by atoms with Crippen LogP contribution in [-0.2, 0) is 11.8 Å². The first-order chi connectivity index (χ1) is 8.29. The van der Waals surface area contributed by atoms with Gasteiger partial charge in [0, 0.05) is 17.7 Å². The van der Waals surface area contributed by atoms with Gasteiger partial charge in [-0.05, 0) is 30.7 Å². The minimum absolute atomic E-state index is 0.390. The third-order valence-electron chi connectivity index (χ3n) is 4.89. The summed E-state index contributed by atoms with van der Waals surface area (Å²) >= 11 is 0. The van der Waals surface area contributed by atoms with E-state index in [1.54, 1.807) is 0 Å². The lowest BCUT2D eigenvalue weighted by atomic mass is 9.76. The monoisotopic (exact) mass is 227 g/mol. The second-order valence-electron chi connectivity index (χ2n) is 5.72. The Bertz CT molecular complexity index is 578. The molecule has 0 aromatic carbocycles. The highest BCUT2D eigenvalue weighted by Gasteiger charge is 2.47. The van der Waals surface area contributed by atoms with E-state index < -0.39 is 0 Å². The third-order valence-corrected chi connectivity index (χ3v) is 4.89. The van der Waals surface area contributed by atoms with Crippen molar-refractivity contribution in [3.63, 3.8) is 0 Å². The SMILES string of the molecule is CC1Cc2cn3nccc3nc2C12CCCC2. The van der Waals surface area contributed by atoms with Crippen LogP contribution < -0.4 is 0 Å². The second kappa shape index (κ2) is 3.09. The molecule has 17 heavy (non-hydrogen) atoms. The van der Waals surface area contributed by atoms with Crippen LogP contribution in [0.3, 0.4) is 0 Å². The van der Waals surface area contributed by atoms with Gasteiger partial charge in [0.2, 0.25) is 0 Å². The van der Waals surface area contributed by atoms with Crippen LogP contribution >= 0.6 is 0 Å². The predicted octanol–water partition coefficient (Wildman–Crippen LogP) is 2.73. The summed E-state index contributed by atoms with van der Waals surface area (Å²) in [7, 11) is 0. The van der Waals surface area contributed by atoms with Gasteiger partial charge in [-0.1, -0.05) is 19.8 Å². The average molecular weight is 227 g/mol. The molecule has 0 aliphatic heterocycles. The molecule has 2 heterocycles. The standard InChI is InChI=1S/C14H17N3/c1-10-8-11-9-17-12(4-7-15-17)16-13(11)14(10)5-2-3-6-14/h4,7,9-10H,2-3,5-6,8H2,1H3. The Morgan fingerprint density at radius 2 is 2.18 bits per heavy atom. The van der Waals surface area contributed by atoms with E-state index in [0.717, 1.165) is 11.6 Å². The predicted molar refractivity (Wildman–Crippen MR) is 66.0 cm³/mol. The molecule has 2 aliphatic rings. The number of aromatic nitrogens is 3. The van der Waals surface area contributed by atoms with Crippen molar-refractivity contribution in [2.24, 2.45) is 5.92 Å². The maximum atomic E-state index is 4.90. The van der Waals surface area contributed by atoms with Crippen LogP contribution in [0, 0.1) is 5.92 Å². The molecular weight excluding hydrogens is 210 g/mol. The lowest BCUT2D eigenvalue weighted by Crippen LogP contribution is -2.27. The highest BCUT2D eigenvalue weighted by Crippen LogP contribution is 2.52. The van der Waals surface area contributed by atoms with Gasteiger partial charge in [-0.25, -0.2) is 9.50 Å². The minimum Gasteiger partial charge on any atom is -0.233 e. The van der Waals surface area contributed by atoms with Crippen molar-refractivity contribution in [1.29, 1.82) is 0 Å². The van der Waals surface area contributed by atoms with Gasteiger partial charge in [-0.15, -0.1) is 0 Å². The fourth-order valence-corrected chi connectivity index (χ4v) is 3.97. The van der Waals surface area contributed by atoms with E-state index in [1.807, 2.05) is 16.8 Å². The summed E-state index contributed by atoms with van der Waals surface area (Å²) in [6.45, 7) is 2.40. The van der Waals surface area contributed by atoms with Gasteiger partial charge < -0.3 is 0 Å². The first kappa shape index (κ1) is 9.63. The van der Waals surface area contributed by atoms with Crippen LogP contribution in [-0.4, -0.2) is 14.6 Å². The Morgan fingerprint density at radius 3 is 3.00 bits per heavy atom. The number of rotatable bonds is 0. The zero-order chi connectivity index (χ0) is 11.5. The van der Waals surface area contributed by atoms with Gasteiger partial charge in [0.05, 0.1) is 11.9 Å². The molecule has 1 saturated carbocycles. The van der Waals surface area contributed by atoms with E-state index in [1.165, 1.54) is 43.4 Å². The zero-order valence-electron chi connectivity index (χ0n) is 10.2. The summed E-state index contributed by atoms with van der Waals surface area (Å²) in [5.74, 6) is 0.750. The van der Waals surface area contributed by atoms with Crippen molar-refractivity contribution in [2.45, 2.75) is 44.4 Å². The molecule has 0 saturated heterocycles. The molecule has 1 atom stereocenters. The molecule has 2 aromatic heterocycles. The van der Waals surface area contributed by atoms with E-state index in [9.17, 15) is 0 Å². The topological polar surface area (TPSA) is 30.2 Å². The lowest BCUT2D eigenvalue weighted by molar-refractivity contribution is 0.316. The fraction of sp³-hybridized carbons (Fsp3) is 0.571. The molecule has 3 nitrogen and oxygen atoms in total. The molecule has 3 heteroatoms. The van der Waals surface area contributed by atoms with Gasteiger partial charge in [0.1, 0.15) is 0 Å². The molecular formula is C14H17N3. The molecule has 1 unspecified atom stereocenters. The zero-order valence-corrected chi connectivity index (χ0v) is 10.2. The van der Waals surface area contributed by atoms with Crippen molar-refractivity contribution >= 4 is 5.65 Å². The highest BCUT2D eigenvalue weighted by molar-refractivity contribution is 5.44. The summed E-state index contributed by atoms with van der Waals surface area (Å²) in [5, 5.41) is 4.29. The molecule has 2 aromatic rings.